The summed E-state index contributed by atoms with van der Waals surface area (Å²) in [6.45, 7) is 1.67. The summed E-state index contributed by atoms with van der Waals surface area (Å²) >= 11 is 0. The predicted octanol–water partition coefficient (Wildman–Crippen LogP) is 2.85. The van der Waals surface area contributed by atoms with Crippen LogP contribution in [0.4, 0.5) is 4.39 Å². The van der Waals surface area contributed by atoms with Gasteiger partial charge >= 0.3 is 0 Å². The zero-order valence-corrected chi connectivity index (χ0v) is 10.3. The number of primary amides is 1. The van der Waals surface area contributed by atoms with E-state index in [9.17, 15) is 9.18 Å². The number of carbonyl (C=O) groups is 1. The minimum absolute atomic E-state index is 0.0944. The van der Waals surface area contributed by atoms with Crippen molar-refractivity contribution >= 4 is 5.91 Å². The van der Waals surface area contributed by atoms with Crippen molar-refractivity contribution in [2.24, 2.45) is 5.73 Å². The summed E-state index contributed by atoms with van der Waals surface area (Å²) in [7, 11) is 0. The molecule has 0 bridgehead atoms. The van der Waals surface area contributed by atoms with Crippen molar-refractivity contribution in [3.05, 3.63) is 71.5 Å². The van der Waals surface area contributed by atoms with Crippen molar-refractivity contribution in [1.29, 1.82) is 0 Å². The molecule has 0 aliphatic carbocycles. The van der Waals surface area contributed by atoms with E-state index < -0.39 is 5.91 Å². The number of halogens is 1. The Morgan fingerprint density at radius 3 is 2.00 bits per heavy atom. The summed E-state index contributed by atoms with van der Waals surface area (Å²) < 4.78 is 12.9. The van der Waals surface area contributed by atoms with Crippen molar-refractivity contribution < 1.29 is 9.18 Å². The lowest BCUT2D eigenvalue weighted by molar-refractivity contribution is -0.117. The lowest BCUT2D eigenvalue weighted by Crippen LogP contribution is -2.13. The zero-order valence-electron chi connectivity index (χ0n) is 10.3. The zero-order chi connectivity index (χ0) is 13.4. The Balaban J connectivity index is 0.000000225. The molecule has 0 unspecified atom stereocenters. The Bertz CT molecular complexity index is 470. The number of nitrogens with two attached hydrogens (primary N) is 1. The minimum atomic E-state index is -0.446. The van der Waals surface area contributed by atoms with Crippen molar-refractivity contribution in [2.45, 2.75) is 13.3 Å². The number of hydrogen-bond acceptors (Lipinski definition) is 1. The second-order valence-electron chi connectivity index (χ2n) is 3.88. The first-order valence-electron chi connectivity index (χ1n) is 5.63. The van der Waals surface area contributed by atoms with Crippen LogP contribution in [-0.2, 0) is 11.2 Å². The largest absolute Gasteiger partial charge is 0.369 e. The van der Waals surface area contributed by atoms with Crippen molar-refractivity contribution in [2.75, 3.05) is 0 Å². The Morgan fingerprint density at radius 1 is 1.11 bits per heavy atom. The fraction of sp³-hybridized carbons (Fsp3) is 0.133. The molecule has 0 aliphatic heterocycles. The summed E-state index contributed by atoms with van der Waals surface area (Å²) in [5, 5.41) is 0. The smallest absolute Gasteiger partial charge is 0.221 e. The van der Waals surface area contributed by atoms with Gasteiger partial charge in [0.25, 0.3) is 0 Å². The third-order valence-electron chi connectivity index (χ3n) is 2.28. The van der Waals surface area contributed by atoms with Gasteiger partial charge in [-0.2, -0.15) is 0 Å². The second-order valence-corrected chi connectivity index (χ2v) is 3.88. The molecule has 0 saturated carbocycles. The van der Waals surface area contributed by atoms with Crippen LogP contribution in [0.3, 0.4) is 0 Å². The lowest BCUT2D eigenvalue weighted by Gasteiger charge is -1.99. The Morgan fingerprint density at radius 2 is 1.61 bits per heavy atom. The Kier molecular flexibility index (Phi) is 5.58. The normalized spacial score (nSPS) is 9.22. The number of rotatable bonds is 2. The van der Waals surface area contributed by atoms with E-state index in [-0.39, 0.29) is 12.2 Å². The van der Waals surface area contributed by atoms with Crippen LogP contribution in [0.25, 0.3) is 0 Å². The van der Waals surface area contributed by atoms with Crippen molar-refractivity contribution in [3.63, 3.8) is 0 Å². The van der Waals surface area contributed by atoms with Crippen LogP contribution in [0, 0.1) is 12.7 Å². The van der Waals surface area contributed by atoms with Crippen LogP contribution < -0.4 is 5.73 Å². The van der Waals surface area contributed by atoms with E-state index in [4.69, 9.17) is 5.73 Å². The first-order valence-corrected chi connectivity index (χ1v) is 5.63. The molecule has 2 aromatic rings. The molecular weight excluding hydrogens is 229 g/mol. The molecular formula is C15H16FNO. The highest BCUT2D eigenvalue weighted by molar-refractivity contribution is 5.76. The molecule has 94 valence electrons. The summed E-state index contributed by atoms with van der Waals surface area (Å²) in [5.74, 6) is -0.744. The molecule has 0 radical (unpaired) electrons. The maximum atomic E-state index is 12.9. The van der Waals surface area contributed by atoms with E-state index in [1.165, 1.54) is 6.07 Å². The summed E-state index contributed by atoms with van der Waals surface area (Å²) in [5.41, 5.74) is 6.14. The fourth-order valence-electron chi connectivity index (χ4n) is 1.33. The van der Waals surface area contributed by atoms with E-state index in [0.717, 1.165) is 0 Å². The Hall–Kier alpha value is -2.16. The molecule has 1 amide bonds. The van der Waals surface area contributed by atoms with Gasteiger partial charge in [0.1, 0.15) is 5.82 Å². The van der Waals surface area contributed by atoms with Gasteiger partial charge < -0.3 is 5.73 Å². The molecule has 0 aromatic heterocycles. The second kappa shape index (κ2) is 7.22. The first-order chi connectivity index (χ1) is 8.59. The SMILES string of the molecule is Cc1ccc(CC(N)=O)cc1F.c1ccccc1. The topological polar surface area (TPSA) is 43.1 Å². The maximum Gasteiger partial charge on any atom is 0.221 e. The van der Waals surface area contributed by atoms with Crippen LogP contribution in [0.2, 0.25) is 0 Å². The summed E-state index contributed by atoms with van der Waals surface area (Å²) in [6.07, 6.45) is 0.0944. The number of hydrogen-bond donors (Lipinski definition) is 1. The van der Waals surface area contributed by atoms with E-state index >= 15 is 0 Å². The number of aryl methyl sites for hydroxylation is 1. The van der Waals surface area contributed by atoms with Gasteiger partial charge in [0.15, 0.2) is 0 Å². The summed E-state index contributed by atoms with van der Waals surface area (Å²) in [4.78, 5) is 10.5. The van der Waals surface area contributed by atoms with E-state index in [1.807, 2.05) is 36.4 Å². The van der Waals surface area contributed by atoms with Crippen molar-refractivity contribution in [1.82, 2.24) is 0 Å². The highest BCUT2D eigenvalue weighted by atomic mass is 19.1. The standard InChI is InChI=1S/C9H10FNO.C6H6/c1-6-2-3-7(4-8(6)10)5-9(11)12;1-2-4-6-5-3-1/h2-4H,5H2,1H3,(H2,11,12);1-6H. The number of carbonyl (C=O) groups excluding carboxylic acids is 1. The number of amides is 1. The van der Waals surface area contributed by atoms with Crippen LogP contribution >= 0.6 is 0 Å². The molecule has 0 atom stereocenters. The third-order valence-corrected chi connectivity index (χ3v) is 2.28. The molecule has 0 fully saturated rings. The van der Waals surface area contributed by atoms with Crippen LogP contribution in [0.1, 0.15) is 11.1 Å². The average molecular weight is 245 g/mol. The van der Waals surface area contributed by atoms with Gasteiger partial charge in [0, 0.05) is 0 Å². The molecule has 2 nitrogen and oxygen atoms in total. The predicted molar refractivity (Wildman–Crippen MR) is 70.5 cm³/mol. The fourth-order valence-corrected chi connectivity index (χ4v) is 1.33. The van der Waals surface area contributed by atoms with Gasteiger partial charge in [-0.25, -0.2) is 4.39 Å². The molecule has 2 N–H and O–H groups in total. The lowest BCUT2D eigenvalue weighted by atomic mass is 10.1. The first kappa shape index (κ1) is 13.9. The van der Waals surface area contributed by atoms with Crippen molar-refractivity contribution in [3.8, 4) is 0 Å². The molecule has 0 spiro atoms. The van der Waals surface area contributed by atoms with Gasteiger partial charge in [-0.3, -0.25) is 4.79 Å². The van der Waals surface area contributed by atoms with Gasteiger partial charge in [-0.1, -0.05) is 48.5 Å². The van der Waals surface area contributed by atoms with E-state index in [1.54, 1.807) is 19.1 Å². The quantitative estimate of drug-likeness (QED) is 0.868. The average Bonchev–Trinajstić information content (AvgIpc) is 2.36. The highest BCUT2D eigenvalue weighted by Gasteiger charge is 2.01. The summed E-state index contributed by atoms with van der Waals surface area (Å²) in [6, 6.07) is 16.7. The maximum absolute atomic E-state index is 12.9. The van der Waals surface area contributed by atoms with Crippen LogP contribution in [0.5, 0.6) is 0 Å². The van der Waals surface area contributed by atoms with Crippen LogP contribution in [-0.4, -0.2) is 5.91 Å². The molecule has 0 saturated heterocycles. The molecule has 0 aliphatic rings. The molecule has 2 aromatic carbocycles. The molecule has 0 heterocycles. The third kappa shape index (κ3) is 5.25. The van der Waals surface area contributed by atoms with Gasteiger partial charge in [0.2, 0.25) is 5.91 Å². The minimum Gasteiger partial charge on any atom is -0.369 e. The molecule has 2 rings (SSSR count). The monoisotopic (exact) mass is 245 g/mol. The van der Waals surface area contributed by atoms with Gasteiger partial charge in [-0.05, 0) is 24.1 Å². The molecule has 3 heteroatoms. The molecule has 18 heavy (non-hydrogen) atoms. The van der Waals surface area contributed by atoms with Gasteiger partial charge in [-0.15, -0.1) is 0 Å². The number of benzene rings is 2. The Labute approximate surface area is 106 Å². The van der Waals surface area contributed by atoms with Gasteiger partial charge in [0.05, 0.1) is 6.42 Å². The van der Waals surface area contributed by atoms with Crippen LogP contribution in [0.15, 0.2) is 54.6 Å². The highest BCUT2D eigenvalue weighted by Crippen LogP contribution is 2.09. The van der Waals surface area contributed by atoms with E-state index in [2.05, 4.69) is 0 Å². The van der Waals surface area contributed by atoms with E-state index in [0.29, 0.717) is 11.1 Å².